The number of carbonyl (C=O) groups excluding carboxylic acids is 1. The van der Waals surface area contributed by atoms with Crippen LogP contribution in [0.4, 0.5) is 5.13 Å². The molecule has 1 N–H and O–H groups in total. The number of hydrogen-bond donors (Lipinski definition) is 1. The Morgan fingerprint density at radius 3 is 2.67 bits per heavy atom. The first-order valence-corrected chi connectivity index (χ1v) is 13.3. The van der Waals surface area contributed by atoms with Crippen LogP contribution in [0.15, 0.2) is 71.2 Å². The van der Waals surface area contributed by atoms with Gasteiger partial charge in [0.15, 0.2) is 10.3 Å². The number of anilines is 1. The molecule has 0 unspecified atom stereocenters. The minimum atomic E-state index is -0.266. The summed E-state index contributed by atoms with van der Waals surface area (Å²) in [7, 11) is 1.91. The van der Waals surface area contributed by atoms with Crippen LogP contribution in [0.25, 0.3) is 11.3 Å². The van der Waals surface area contributed by atoms with E-state index >= 15 is 0 Å². The number of rotatable bonds is 8. The summed E-state index contributed by atoms with van der Waals surface area (Å²) in [6, 6.07) is 17.5. The fourth-order valence-corrected chi connectivity index (χ4v) is 5.47. The summed E-state index contributed by atoms with van der Waals surface area (Å²) < 4.78 is 7.35. The smallest absolute Gasteiger partial charge is 0.271 e. The quantitative estimate of drug-likeness (QED) is 0.215. The van der Waals surface area contributed by atoms with E-state index in [4.69, 9.17) is 9.72 Å². The average molecular weight is 520 g/mol. The minimum absolute atomic E-state index is 0.266. The summed E-state index contributed by atoms with van der Waals surface area (Å²) in [5, 5.41) is 14.0. The zero-order valence-corrected chi connectivity index (χ0v) is 21.3. The number of thiazole rings is 1. The van der Waals surface area contributed by atoms with Crippen LogP contribution in [0, 0.1) is 0 Å². The van der Waals surface area contributed by atoms with Crippen molar-refractivity contribution in [2.45, 2.75) is 10.9 Å². The van der Waals surface area contributed by atoms with Gasteiger partial charge in [-0.3, -0.25) is 4.79 Å². The lowest BCUT2D eigenvalue weighted by Crippen LogP contribution is -2.36. The molecule has 0 atom stereocenters. The van der Waals surface area contributed by atoms with E-state index in [1.807, 2.05) is 54.1 Å². The Morgan fingerprint density at radius 2 is 1.94 bits per heavy atom. The number of nitrogens with zero attached hydrogens (tertiary/aromatic N) is 6. The predicted molar refractivity (Wildman–Crippen MR) is 143 cm³/mol. The van der Waals surface area contributed by atoms with Gasteiger partial charge in [0.1, 0.15) is 6.33 Å². The van der Waals surface area contributed by atoms with Gasteiger partial charge in [-0.05, 0) is 17.7 Å². The lowest BCUT2D eigenvalue weighted by atomic mass is 10.1. The van der Waals surface area contributed by atoms with Crippen molar-refractivity contribution >= 4 is 40.4 Å². The highest BCUT2D eigenvalue weighted by Crippen LogP contribution is 2.32. The maximum atomic E-state index is 12.7. The van der Waals surface area contributed by atoms with Crippen molar-refractivity contribution in [2.75, 3.05) is 31.2 Å². The molecule has 5 rings (SSSR count). The second-order valence-electron chi connectivity index (χ2n) is 8.08. The molecule has 1 aliphatic rings. The first-order valence-electron chi connectivity index (χ1n) is 11.5. The van der Waals surface area contributed by atoms with E-state index in [2.05, 4.69) is 25.6 Å². The molecule has 3 heterocycles. The van der Waals surface area contributed by atoms with Gasteiger partial charge in [0, 0.05) is 37.0 Å². The van der Waals surface area contributed by atoms with Gasteiger partial charge in [-0.15, -0.1) is 10.2 Å². The Hall–Kier alpha value is -3.54. The Morgan fingerprint density at radius 1 is 1.17 bits per heavy atom. The van der Waals surface area contributed by atoms with Gasteiger partial charge in [-0.1, -0.05) is 65.6 Å². The van der Waals surface area contributed by atoms with Crippen molar-refractivity contribution < 1.29 is 9.53 Å². The average Bonchev–Trinajstić information content (AvgIpc) is 3.55. The highest BCUT2D eigenvalue weighted by molar-refractivity contribution is 7.98. The monoisotopic (exact) mass is 519 g/mol. The molecule has 4 aromatic rings. The molecule has 0 bridgehead atoms. The van der Waals surface area contributed by atoms with Crippen LogP contribution in [-0.4, -0.2) is 58.2 Å². The fraction of sp³-hybridized carbons (Fsp3) is 0.240. The molecule has 1 fully saturated rings. The third kappa shape index (κ3) is 5.81. The molecular weight excluding hydrogens is 494 g/mol. The first kappa shape index (κ1) is 24.2. The molecule has 0 radical (unpaired) electrons. The van der Waals surface area contributed by atoms with Crippen LogP contribution < -0.4 is 10.3 Å². The number of thioether (sulfide) groups is 1. The molecule has 0 aliphatic carbocycles. The van der Waals surface area contributed by atoms with Gasteiger partial charge in [0.2, 0.25) is 0 Å². The van der Waals surface area contributed by atoms with Gasteiger partial charge < -0.3 is 14.2 Å². The largest absolute Gasteiger partial charge is 0.378 e. The lowest BCUT2D eigenvalue weighted by Gasteiger charge is -2.26. The standard InChI is InChI=1S/C25H25N7O2S2/c1-31-17-27-30-25(31)35-16-18-7-9-20(10-8-18)23(33)29-26-15-21-22(19-5-3-2-4-6-19)28-24(36-21)32-11-13-34-14-12-32/h2-10,15,17H,11-14,16H2,1H3,(H,29,33)/b26-15-. The highest BCUT2D eigenvalue weighted by Gasteiger charge is 2.19. The second kappa shape index (κ2) is 11.5. The van der Waals surface area contributed by atoms with Crippen molar-refractivity contribution in [2.24, 2.45) is 12.1 Å². The van der Waals surface area contributed by atoms with Gasteiger partial charge in [0.25, 0.3) is 5.91 Å². The van der Waals surface area contributed by atoms with E-state index < -0.39 is 0 Å². The summed E-state index contributed by atoms with van der Waals surface area (Å²) in [4.78, 5) is 20.7. The van der Waals surface area contributed by atoms with Gasteiger partial charge >= 0.3 is 0 Å². The number of carbonyl (C=O) groups is 1. The number of benzene rings is 2. The van der Waals surface area contributed by atoms with Crippen molar-refractivity contribution in [3.8, 4) is 11.3 Å². The van der Waals surface area contributed by atoms with Crippen molar-refractivity contribution in [3.63, 3.8) is 0 Å². The number of ether oxygens (including phenoxy) is 1. The predicted octanol–water partition coefficient (Wildman–Crippen LogP) is 3.83. The van der Waals surface area contributed by atoms with Gasteiger partial charge in [0.05, 0.1) is 30.0 Å². The Labute approximate surface area is 217 Å². The third-order valence-electron chi connectivity index (χ3n) is 5.57. The number of morpholine rings is 1. The van der Waals surface area contributed by atoms with E-state index in [0.29, 0.717) is 18.8 Å². The zero-order valence-electron chi connectivity index (χ0n) is 19.7. The normalized spacial score (nSPS) is 13.9. The first-order chi connectivity index (χ1) is 17.7. The fourth-order valence-electron chi connectivity index (χ4n) is 3.62. The van der Waals surface area contributed by atoms with Gasteiger partial charge in [-0.2, -0.15) is 5.10 Å². The molecule has 184 valence electrons. The molecule has 0 spiro atoms. The molecule has 2 aromatic carbocycles. The molecule has 2 aromatic heterocycles. The van der Waals surface area contributed by atoms with Crippen molar-refractivity contribution in [1.29, 1.82) is 0 Å². The zero-order chi connectivity index (χ0) is 24.7. The molecule has 1 saturated heterocycles. The molecule has 11 heteroatoms. The Kier molecular flexibility index (Phi) is 7.70. The third-order valence-corrected chi connectivity index (χ3v) is 7.73. The Balaban J connectivity index is 1.25. The van der Waals surface area contributed by atoms with E-state index in [1.54, 1.807) is 47.8 Å². The number of hydrazone groups is 1. The molecule has 36 heavy (non-hydrogen) atoms. The topological polar surface area (TPSA) is 97.5 Å². The van der Waals surface area contributed by atoms with Crippen LogP contribution in [0.5, 0.6) is 0 Å². The molecular formula is C25H25N7O2S2. The van der Waals surface area contributed by atoms with E-state index in [-0.39, 0.29) is 5.91 Å². The van der Waals surface area contributed by atoms with E-state index in [9.17, 15) is 4.79 Å². The maximum absolute atomic E-state index is 12.7. The maximum Gasteiger partial charge on any atom is 0.271 e. The summed E-state index contributed by atoms with van der Waals surface area (Å²) >= 11 is 3.15. The van der Waals surface area contributed by atoms with Crippen molar-refractivity contribution in [1.82, 2.24) is 25.2 Å². The van der Waals surface area contributed by atoms with Crippen LogP contribution >= 0.6 is 23.1 Å². The molecule has 1 amide bonds. The highest BCUT2D eigenvalue weighted by atomic mass is 32.2. The van der Waals surface area contributed by atoms with E-state index in [1.165, 1.54) is 0 Å². The van der Waals surface area contributed by atoms with Crippen LogP contribution in [0.1, 0.15) is 20.8 Å². The second-order valence-corrected chi connectivity index (χ2v) is 10.0. The van der Waals surface area contributed by atoms with Crippen LogP contribution in [0.2, 0.25) is 0 Å². The van der Waals surface area contributed by atoms with Gasteiger partial charge in [-0.25, -0.2) is 10.4 Å². The number of aryl methyl sites for hydroxylation is 1. The summed E-state index contributed by atoms with van der Waals surface area (Å²) in [5.74, 6) is 0.476. The Bertz CT molecular complexity index is 1330. The van der Waals surface area contributed by atoms with E-state index in [0.717, 1.165) is 50.8 Å². The molecule has 0 saturated carbocycles. The summed E-state index contributed by atoms with van der Waals surface area (Å²) in [6.45, 7) is 3.00. The molecule has 1 aliphatic heterocycles. The number of aromatic nitrogens is 4. The van der Waals surface area contributed by atoms with Crippen LogP contribution in [0.3, 0.4) is 0 Å². The lowest BCUT2D eigenvalue weighted by molar-refractivity contribution is 0.0955. The minimum Gasteiger partial charge on any atom is -0.378 e. The SMILES string of the molecule is Cn1cnnc1SCc1ccc(C(=O)N/N=C\c2sc(N3CCOCC3)nc2-c2ccccc2)cc1. The molecule has 9 nitrogen and oxygen atoms in total. The summed E-state index contributed by atoms with van der Waals surface area (Å²) in [5.41, 5.74) is 6.14. The number of nitrogens with one attached hydrogen (secondary N) is 1. The number of hydrogen-bond acceptors (Lipinski definition) is 9. The number of amides is 1. The summed E-state index contributed by atoms with van der Waals surface area (Å²) in [6.07, 6.45) is 3.35. The van der Waals surface area contributed by atoms with Crippen LogP contribution in [-0.2, 0) is 17.5 Å². The van der Waals surface area contributed by atoms with Crippen molar-refractivity contribution in [3.05, 3.63) is 76.9 Å².